The van der Waals surface area contributed by atoms with Crippen LogP contribution in [0.5, 0.6) is 0 Å². The molecule has 5 N–H and O–H groups in total. The van der Waals surface area contributed by atoms with Gasteiger partial charge in [0, 0.05) is 43.0 Å². The summed E-state index contributed by atoms with van der Waals surface area (Å²) in [4.78, 5) is 20.9. The number of halogens is 2. The summed E-state index contributed by atoms with van der Waals surface area (Å²) in [6.07, 6.45) is 1.20. The van der Waals surface area contributed by atoms with Gasteiger partial charge in [-0.05, 0) is 30.0 Å². The Morgan fingerprint density at radius 3 is 2.50 bits per heavy atom. The molecule has 0 atom stereocenters. The van der Waals surface area contributed by atoms with Gasteiger partial charge in [-0.2, -0.15) is 0 Å². The summed E-state index contributed by atoms with van der Waals surface area (Å²) in [6, 6.07) is 15.8. The fraction of sp³-hybridized carbons (Fsp3) is 0.346. The third-order valence-corrected chi connectivity index (χ3v) is 7.21. The second-order valence-electron chi connectivity index (χ2n) is 8.84. The molecule has 7 nitrogen and oxygen atoms in total. The van der Waals surface area contributed by atoms with Crippen molar-refractivity contribution in [3.8, 4) is 11.3 Å². The molecule has 0 radical (unpaired) electrons. The van der Waals surface area contributed by atoms with Crippen molar-refractivity contribution in [2.45, 2.75) is 33.2 Å². The van der Waals surface area contributed by atoms with E-state index in [0.717, 1.165) is 28.4 Å². The lowest BCUT2D eigenvalue weighted by Crippen LogP contribution is -2.38. The van der Waals surface area contributed by atoms with E-state index in [9.17, 15) is 4.79 Å². The highest BCUT2D eigenvalue weighted by molar-refractivity contribution is 7.16. The number of carbonyl (C=O) groups is 1. The van der Waals surface area contributed by atoms with Crippen molar-refractivity contribution in [2.24, 2.45) is 11.7 Å². The lowest BCUT2D eigenvalue weighted by Gasteiger charge is -2.22. The van der Waals surface area contributed by atoms with Crippen molar-refractivity contribution >= 4 is 51.5 Å². The maximum atomic E-state index is 12.5. The quantitative estimate of drug-likeness (QED) is 0.140. The zero-order valence-corrected chi connectivity index (χ0v) is 22.8. The van der Waals surface area contributed by atoms with Gasteiger partial charge in [-0.15, -0.1) is 11.3 Å². The number of anilines is 1. The summed E-state index contributed by atoms with van der Waals surface area (Å²) in [5, 5.41) is 14.6. The summed E-state index contributed by atoms with van der Waals surface area (Å²) in [6.45, 7) is 6.32. The molecular formula is C26H32Cl2N6OS. The highest BCUT2D eigenvalue weighted by Crippen LogP contribution is 2.37. The van der Waals surface area contributed by atoms with E-state index >= 15 is 0 Å². The number of benzene rings is 2. The maximum absolute atomic E-state index is 12.5. The number of nitrogens with one attached hydrogen (secondary N) is 3. The van der Waals surface area contributed by atoms with Gasteiger partial charge >= 0.3 is 0 Å². The van der Waals surface area contributed by atoms with Gasteiger partial charge in [0.15, 0.2) is 11.1 Å². The molecule has 1 amide bonds. The Bertz CT molecular complexity index is 1170. The first kappa shape index (κ1) is 27.8. The van der Waals surface area contributed by atoms with E-state index in [1.54, 1.807) is 17.4 Å². The first-order valence-corrected chi connectivity index (χ1v) is 13.4. The summed E-state index contributed by atoms with van der Waals surface area (Å²) < 4.78 is 0. The molecule has 1 heterocycles. The second kappa shape index (κ2) is 13.5. The van der Waals surface area contributed by atoms with E-state index in [-0.39, 0.29) is 11.9 Å². The van der Waals surface area contributed by atoms with Gasteiger partial charge in [-0.25, -0.2) is 4.98 Å². The summed E-state index contributed by atoms with van der Waals surface area (Å²) in [5.74, 6) is 0.274. The Morgan fingerprint density at radius 2 is 1.83 bits per heavy atom. The van der Waals surface area contributed by atoms with Crippen molar-refractivity contribution in [1.29, 1.82) is 5.41 Å². The number of nitrogens with zero attached hydrogens (tertiary/aromatic N) is 2. The van der Waals surface area contributed by atoms with Gasteiger partial charge in [0.05, 0.1) is 15.7 Å². The normalized spacial score (nSPS) is 10.9. The lowest BCUT2D eigenvalue weighted by molar-refractivity contribution is -0.120. The molecule has 0 saturated carbocycles. The average molecular weight is 548 g/mol. The number of nitrogens with two attached hydrogens (primary N) is 1. The van der Waals surface area contributed by atoms with Crippen LogP contribution in [0.3, 0.4) is 0 Å². The largest absolute Gasteiger partial charge is 0.370 e. The third kappa shape index (κ3) is 8.40. The SMILES string of the molecule is CC(C)Cc1sc(N(CCC(=O)NCCNC(=N)N)Cc2ccccc2)nc1-c1ccc(Cl)c(Cl)c1. The highest BCUT2D eigenvalue weighted by Gasteiger charge is 2.20. The standard InChI is InChI=1S/C26H32Cl2N6OS/c1-17(2)14-22-24(19-8-9-20(27)21(28)15-19)33-26(36-22)34(16-18-6-4-3-5-7-18)13-10-23(35)31-11-12-32-25(29)30/h3-9,15,17H,10-14,16H2,1-2H3,(H,31,35)(H4,29,30,32). The zero-order chi connectivity index (χ0) is 26.1. The first-order chi connectivity index (χ1) is 17.2. The summed E-state index contributed by atoms with van der Waals surface area (Å²) >= 11 is 14.1. The molecule has 1 aromatic heterocycles. The van der Waals surface area contributed by atoms with Gasteiger partial charge in [-0.1, -0.05) is 73.4 Å². The fourth-order valence-electron chi connectivity index (χ4n) is 3.62. The van der Waals surface area contributed by atoms with Crippen LogP contribution in [-0.4, -0.2) is 36.5 Å². The Balaban J connectivity index is 1.84. The van der Waals surface area contributed by atoms with Gasteiger partial charge in [0.1, 0.15) is 0 Å². The smallest absolute Gasteiger partial charge is 0.221 e. The molecule has 0 aliphatic heterocycles. The van der Waals surface area contributed by atoms with Crippen LogP contribution in [0.1, 0.15) is 30.7 Å². The van der Waals surface area contributed by atoms with Crippen LogP contribution in [0.2, 0.25) is 10.0 Å². The summed E-state index contributed by atoms with van der Waals surface area (Å²) in [7, 11) is 0. The van der Waals surface area contributed by atoms with Crippen molar-refractivity contribution in [3.63, 3.8) is 0 Å². The first-order valence-electron chi connectivity index (χ1n) is 11.8. The second-order valence-corrected chi connectivity index (χ2v) is 10.7. The van der Waals surface area contributed by atoms with Crippen molar-refractivity contribution in [3.05, 3.63) is 69.0 Å². The number of amides is 1. The van der Waals surface area contributed by atoms with Crippen molar-refractivity contribution in [2.75, 3.05) is 24.5 Å². The third-order valence-electron chi connectivity index (χ3n) is 5.33. The van der Waals surface area contributed by atoms with Gasteiger partial charge in [0.25, 0.3) is 0 Å². The number of carbonyl (C=O) groups excluding carboxylic acids is 1. The molecule has 36 heavy (non-hydrogen) atoms. The Kier molecular flexibility index (Phi) is 10.4. The molecule has 3 aromatic rings. The Labute approximate surface area is 226 Å². The zero-order valence-electron chi connectivity index (χ0n) is 20.5. The van der Waals surface area contributed by atoms with Crippen molar-refractivity contribution < 1.29 is 4.79 Å². The fourth-order valence-corrected chi connectivity index (χ4v) is 5.24. The van der Waals surface area contributed by atoms with Gasteiger partial charge in [-0.3, -0.25) is 10.2 Å². The topological polar surface area (TPSA) is 107 Å². The van der Waals surface area contributed by atoms with E-state index < -0.39 is 0 Å². The molecule has 0 spiro atoms. The monoisotopic (exact) mass is 546 g/mol. The minimum absolute atomic E-state index is 0.0675. The molecular weight excluding hydrogens is 515 g/mol. The van der Waals surface area contributed by atoms with E-state index in [1.165, 1.54) is 4.88 Å². The van der Waals surface area contributed by atoms with Gasteiger partial charge < -0.3 is 21.3 Å². The highest BCUT2D eigenvalue weighted by atomic mass is 35.5. The number of thiazole rings is 1. The van der Waals surface area contributed by atoms with Crippen LogP contribution in [0.4, 0.5) is 5.13 Å². The molecule has 0 aliphatic rings. The van der Waals surface area contributed by atoms with Crippen LogP contribution in [-0.2, 0) is 17.8 Å². The Morgan fingerprint density at radius 1 is 1.11 bits per heavy atom. The van der Waals surface area contributed by atoms with Crippen LogP contribution >= 0.6 is 34.5 Å². The molecule has 3 rings (SSSR count). The van der Waals surface area contributed by atoms with Crippen LogP contribution in [0, 0.1) is 11.3 Å². The summed E-state index contributed by atoms with van der Waals surface area (Å²) in [5.41, 5.74) is 8.25. The molecule has 0 fully saturated rings. The molecule has 192 valence electrons. The number of rotatable bonds is 12. The molecule has 2 aromatic carbocycles. The van der Waals surface area contributed by atoms with E-state index in [2.05, 4.69) is 41.5 Å². The lowest BCUT2D eigenvalue weighted by atomic mass is 10.0. The van der Waals surface area contributed by atoms with E-state index in [4.69, 9.17) is 39.3 Å². The average Bonchev–Trinajstić information content (AvgIpc) is 3.24. The number of hydrogen-bond donors (Lipinski definition) is 4. The predicted molar refractivity (Wildman–Crippen MR) is 151 cm³/mol. The number of guanidine groups is 1. The van der Waals surface area contributed by atoms with E-state index in [0.29, 0.717) is 48.6 Å². The predicted octanol–water partition coefficient (Wildman–Crippen LogP) is 5.31. The number of aromatic nitrogens is 1. The van der Waals surface area contributed by atoms with Crippen LogP contribution < -0.4 is 21.3 Å². The minimum Gasteiger partial charge on any atom is -0.370 e. The number of hydrogen-bond acceptors (Lipinski definition) is 5. The van der Waals surface area contributed by atoms with E-state index in [1.807, 2.05) is 30.3 Å². The Hall–Kier alpha value is -2.81. The van der Waals surface area contributed by atoms with Crippen molar-refractivity contribution in [1.82, 2.24) is 15.6 Å². The molecule has 0 aliphatic carbocycles. The minimum atomic E-state index is -0.114. The maximum Gasteiger partial charge on any atom is 0.221 e. The van der Waals surface area contributed by atoms with Crippen LogP contribution in [0.15, 0.2) is 48.5 Å². The van der Waals surface area contributed by atoms with Crippen LogP contribution in [0.25, 0.3) is 11.3 Å². The molecule has 0 saturated heterocycles. The molecule has 10 heteroatoms. The molecule has 0 bridgehead atoms. The molecule has 0 unspecified atom stereocenters. The van der Waals surface area contributed by atoms with Gasteiger partial charge in [0.2, 0.25) is 5.91 Å².